The summed E-state index contributed by atoms with van der Waals surface area (Å²) < 4.78 is 26.6. The van der Waals surface area contributed by atoms with E-state index in [4.69, 9.17) is 0 Å². The van der Waals surface area contributed by atoms with Gasteiger partial charge < -0.3 is 5.32 Å². The van der Waals surface area contributed by atoms with Crippen molar-refractivity contribution in [2.24, 2.45) is 0 Å². The van der Waals surface area contributed by atoms with Crippen LogP contribution in [0.15, 0.2) is 83.8 Å². The van der Waals surface area contributed by atoms with E-state index < -0.39 is 10.0 Å². The van der Waals surface area contributed by atoms with Crippen molar-refractivity contribution in [3.63, 3.8) is 0 Å². The van der Waals surface area contributed by atoms with Crippen LogP contribution in [0.2, 0.25) is 0 Å². The summed E-state index contributed by atoms with van der Waals surface area (Å²) in [5.74, 6) is 0.232. The molecule has 0 aliphatic rings. The largest absolute Gasteiger partial charge is 0.322 e. The van der Waals surface area contributed by atoms with Gasteiger partial charge in [0.05, 0.1) is 4.90 Å². The fraction of sp³-hybridized carbons (Fsp3) is 0.208. The Labute approximate surface area is 178 Å². The number of sulfonamides is 1. The molecule has 5 nitrogen and oxygen atoms in total. The summed E-state index contributed by atoms with van der Waals surface area (Å²) >= 11 is 0. The third-order valence-electron chi connectivity index (χ3n) is 4.91. The van der Waals surface area contributed by atoms with Crippen molar-refractivity contribution >= 4 is 21.6 Å². The number of nitrogens with zero attached hydrogens (tertiary/aromatic N) is 1. The summed E-state index contributed by atoms with van der Waals surface area (Å²) in [6, 6.07) is 23.1. The summed E-state index contributed by atoms with van der Waals surface area (Å²) in [6.07, 6.45) is 0. The average molecular weight is 423 g/mol. The number of nitrogens with one attached hydrogen (secondary N) is 1. The highest BCUT2D eigenvalue weighted by atomic mass is 32.2. The smallest absolute Gasteiger partial charge is 0.255 e. The van der Waals surface area contributed by atoms with E-state index in [0.717, 1.165) is 11.3 Å². The maximum absolute atomic E-state index is 12.6. The third-order valence-corrected chi connectivity index (χ3v) is 6.73. The van der Waals surface area contributed by atoms with Crippen LogP contribution in [0, 0.1) is 0 Å². The molecule has 6 heteroatoms. The van der Waals surface area contributed by atoms with Gasteiger partial charge in [0, 0.05) is 24.8 Å². The minimum atomic E-state index is -3.56. The van der Waals surface area contributed by atoms with Crippen LogP contribution in [0.1, 0.15) is 41.3 Å². The first-order valence-corrected chi connectivity index (χ1v) is 11.2. The first kappa shape index (κ1) is 21.7. The average Bonchev–Trinajstić information content (AvgIpc) is 2.75. The lowest BCUT2D eigenvalue weighted by molar-refractivity contribution is 0.102. The molecule has 1 amide bonds. The van der Waals surface area contributed by atoms with E-state index in [2.05, 4.69) is 19.2 Å². The van der Waals surface area contributed by atoms with E-state index in [0.29, 0.717) is 11.5 Å². The molecule has 0 bridgehead atoms. The van der Waals surface area contributed by atoms with E-state index in [1.54, 1.807) is 61.6 Å². The molecule has 3 rings (SSSR count). The third kappa shape index (κ3) is 5.14. The number of carbonyl (C=O) groups is 1. The summed E-state index contributed by atoms with van der Waals surface area (Å²) in [5, 5.41) is 2.89. The van der Waals surface area contributed by atoms with Crippen LogP contribution in [0.4, 0.5) is 5.69 Å². The fourth-order valence-corrected chi connectivity index (χ4v) is 4.21. The fourth-order valence-electron chi connectivity index (χ4n) is 3.03. The Hall–Kier alpha value is -2.96. The molecule has 30 heavy (non-hydrogen) atoms. The molecule has 0 unspecified atom stereocenters. The highest BCUT2D eigenvalue weighted by Gasteiger charge is 2.20. The highest BCUT2D eigenvalue weighted by molar-refractivity contribution is 7.89. The zero-order valence-electron chi connectivity index (χ0n) is 17.4. The van der Waals surface area contributed by atoms with Crippen LogP contribution in [-0.4, -0.2) is 25.7 Å². The Balaban J connectivity index is 1.65. The van der Waals surface area contributed by atoms with Crippen LogP contribution >= 0.6 is 0 Å². The lowest BCUT2D eigenvalue weighted by Crippen LogP contribution is -2.26. The van der Waals surface area contributed by atoms with Crippen LogP contribution < -0.4 is 5.32 Å². The Morgan fingerprint density at radius 1 is 0.900 bits per heavy atom. The number of hydrogen-bond acceptors (Lipinski definition) is 3. The molecule has 0 saturated carbocycles. The minimum Gasteiger partial charge on any atom is -0.322 e. The molecule has 0 aromatic heterocycles. The lowest BCUT2D eigenvalue weighted by atomic mass is 10.0. The van der Waals surface area contributed by atoms with Gasteiger partial charge in [-0.2, -0.15) is 4.31 Å². The number of carbonyl (C=O) groups excluding carboxylic acids is 1. The molecule has 3 aromatic rings. The van der Waals surface area contributed by atoms with Crippen molar-refractivity contribution in [2.45, 2.75) is 31.2 Å². The Morgan fingerprint density at radius 3 is 2.07 bits per heavy atom. The van der Waals surface area contributed by atoms with Crippen molar-refractivity contribution in [1.82, 2.24) is 4.31 Å². The van der Waals surface area contributed by atoms with Crippen LogP contribution in [0.3, 0.4) is 0 Å². The summed E-state index contributed by atoms with van der Waals surface area (Å²) in [5.41, 5.74) is 3.27. The van der Waals surface area contributed by atoms with Gasteiger partial charge in [-0.05, 0) is 53.4 Å². The number of benzene rings is 3. The van der Waals surface area contributed by atoms with E-state index in [1.807, 2.05) is 24.3 Å². The predicted molar refractivity (Wildman–Crippen MR) is 120 cm³/mol. The molecule has 0 spiro atoms. The Kier molecular flexibility index (Phi) is 6.70. The van der Waals surface area contributed by atoms with E-state index in [1.165, 1.54) is 9.87 Å². The molecule has 0 heterocycles. The van der Waals surface area contributed by atoms with Gasteiger partial charge in [0.1, 0.15) is 0 Å². The molecule has 0 atom stereocenters. The minimum absolute atomic E-state index is 0.205. The molecule has 0 saturated heterocycles. The summed E-state index contributed by atoms with van der Waals surface area (Å²) in [6.45, 7) is 4.46. The van der Waals surface area contributed by atoms with Gasteiger partial charge in [-0.15, -0.1) is 0 Å². The summed E-state index contributed by atoms with van der Waals surface area (Å²) in [4.78, 5) is 12.7. The molecule has 1 N–H and O–H groups in total. The SMILES string of the molecule is CC(C)c1ccc(NC(=O)c2ccc(CN(C)S(=O)(=O)c3ccccc3)cc2)cc1. The number of anilines is 1. The van der Waals surface area contributed by atoms with Gasteiger partial charge in [0.25, 0.3) is 5.91 Å². The van der Waals surface area contributed by atoms with Crippen LogP contribution in [0.5, 0.6) is 0 Å². The predicted octanol–water partition coefficient (Wildman–Crippen LogP) is 4.88. The highest BCUT2D eigenvalue weighted by Crippen LogP contribution is 2.19. The quantitative estimate of drug-likeness (QED) is 0.590. The molecule has 0 fully saturated rings. The topological polar surface area (TPSA) is 66.5 Å². The second-order valence-corrected chi connectivity index (χ2v) is 9.55. The van der Waals surface area contributed by atoms with Crippen molar-refractivity contribution in [1.29, 1.82) is 0 Å². The standard InChI is InChI=1S/C24H26N2O3S/c1-18(2)20-13-15-22(16-14-20)25-24(27)21-11-9-19(10-12-21)17-26(3)30(28,29)23-7-5-4-6-8-23/h4-16,18H,17H2,1-3H3,(H,25,27). The van der Waals surface area contributed by atoms with E-state index in [9.17, 15) is 13.2 Å². The zero-order valence-corrected chi connectivity index (χ0v) is 18.2. The maximum atomic E-state index is 12.6. The van der Waals surface area contributed by atoms with Gasteiger partial charge in [-0.3, -0.25) is 4.79 Å². The Morgan fingerprint density at radius 2 is 1.50 bits per heavy atom. The number of amides is 1. The van der Waals surface area contributed by atoms with Gasteiger partial charge >= 0.3 is 0 Å². The lowest BCUT2D eigenvalue weighted by Gasteiger charge is -2.17. The molecule has 0 aliphatic carbocycles. The van der Waals surface area contributed by atoms with E-state index >= 15 is 0 Å². The molecule has 156 valence electrons. The molecule has 3 aromatic carbocycles. The Bertz CT molecular complexity index is 1090. The van der Waals surface area contributed by atoms with Gasteiger partial charge in [0.2, 0.25) is 10.0 Å². The normalized spacial score (nSPS) is 11.6. The number of hydrogen-bond donors (Lipinski definition) is 1. The second-order valence-electron chi connectivity index (χ2n) is 7.50. The molecule has 0 radical (unpaired) electrons. The van der Waals surface area contributed by atoms with Crippen molar-refractivity contribution in [3.05, 3.63) is 95.6 Å². The van der Waals surface area contributed by atoms with Gasteiger partial charge in [-0.25, -0.2) is 8.42 Å². The van der Waals surface area contributed by atoms with E-state index in [-0.39, 0.29) is 17.3 Å². The van der Waals surface area contributed by atoms with Crippen molar-refractivity contribution in [2.75, 3.05) is 12.4 Å². The van der Waals surface area contributed by atoms with Crippen LogP contribution in [-0.2, 0) is 16.6 Å². The first-order valence-electron chi connectivity index (χ1n) is 9.79. The summed E-state index contributed by atoms with van der Waals surface area (Å²) in [7, 11) is -2.01. The second kappa shape index (κ2) is 9.24. The van der Waals surface area contributed by atoms with Crippen molar-refractivity contribution in [3.8, 4) is 0 Å². The molecular weight excluding hydrogens is 396 g/mol. The zero-order chi connectivity index (χ0) is 21.7. The van der Waals surface area contributed by atoms with Gasteiger partial charge in [-0.1, -0.05) is 56.3 Å². The maximum Gasteiger partial charge on any atom is 0.255 e. The molecular formula is C24H26N2O3S. The van der Waals surface area contributed by atoms with Crippen molar-refractivity contribution < 1.29 is 13.2 Å². The van der Waals surface area contributed by atoms with Crippen LogP contribution in [0.25, 0.3) is 0 Å². The van der Waals surface area contributed by atoms with Gasteiger partial charge in [0.15, 0.2) is 0 Å². The molecule has 0 aliphatic heterocycles. The first-order chi connectivity index (χ1) is 14.3. The number of rotatable bonds is 7. The monoisotopic (exact) mass is 422 g/mol.